The molecular weight excluding hydrogens is 283 g/mol. The van der Waals surface area contributed by atoms with Gasteiger partial charge in [-0.15, -0.1) is 0 Å². The topological polar surface area (TPSA) is 6.48 Å². The Balaban J connectivity index is 1.93. The summed E-state index contributed by atoms with van der Waals surface area (Å²) in [5.74, 6) is -0.184. The summed E-state index contributed by atoms with van der Waals surface area (Å²) in [5.41, 5.74) is 1.16. The van der Waals surface area contributed by atoms with Gasteiger partial charge < -0.3 is 4.90 Å². The highest BCUT2D eigenvalue weighted by Crippen LogP contribution is 2.20. The third-order valence-electron chi connectivity index (χ3n) is 3.32. The third-order valence-corrected chi connectivity index (χ3v) is 4.06. The second-order valence-electron chi connectivity index (χ2n) is 4.45. The summed E-state index contributed by atoms with van der Waals surface area (Å²) in [6.07, 6.45) is 0. The van der Waals surface area contributed by atoms with Crippen molar-refractivity contribution in [3.63, 3.8) is 0 Å². The number of likely N-dealkylation sites (N-methyl/N-ethyl adjacent to an activating group) is 1. The first-order valence-electron chi connectivity index (χ1n) is 6.07. The van der Waals surface area contributed by atoms with Crippen molar-refractivity contribution in [2.75, 3.05) is 32.7 Å². The molecule has 0 aliphatic carbocycles. The van der Waals surface area contributed by atoms with Gasteiger partial charge in [-0.25, -0.2) is 4.39 Å². The SMILES string of the molecule is CCN1CCN(Cc2ccc(F)cc2Br)CC1. The zero-order valence-corrected chi connectivity index (χ0v) is 11.7. The Morgan fingerprint density at radius 3 is 2.41 bits per heavy atom. The molecule has 0 saturated carbocycles. The number of piperazine rings is 1. The van der Waals surface area contributed by atoms with Gasteiger partial charge in [0, 0.05) is 37.2 Å². The van der Waals surface area contributed by atoms with Gasteiger partial charge in [-0.1, -0.05) is 28.9 Å². The number of halogens is 2. The average molecular weight is 301 g/mol. The van der Waals surface area contributed by atoms with Crippen molar-refractivity contribution in [1.82, 2.24) is 9.80 Å². The van der Waals surface area contributed by atoms with Crippen molar-refractivity contribution in [3.05, 3.63) is 34.1 Å². The van der Waals surface area contributed by atoms with Gasteiger partial charge in [0.15, 0.2) is 0 Å². The maximum atomic E-state index is 13.0. The lowest BCUT2D eigenvalue weighted by molar-refractivity contribution is 0.131. The fourth-order valence-corrected chi connectivity index (χ4v) is 2.63. The van der Waals surface area contributed by atoms with E-state index in [1.807, 2.05) is 6.07 Å². The van der Waals surface area contributed by atoms with Gasteiger partial charge in [-0.05, 0) is 24.2 Å². The van der Waals surface area contributed by atoms with Crippen LogP contribution in [0.1, 0.15) is 12.5 Å². The molecule has 0 radical (unpaired) electrons. The van der Waals surface area contributed by atoms with E-state index in [1.54, 1.807) is 0 Å². The number of nitrogens with zero attached hydrogens (tertiary/aromatic N) is 2. The van der Waals surface area contributed by atoms with E-state index in [4.69, 9.17) is 0 Å². The molecule has 17 heavy (non-hydrogen) atoms. The molecule has 2 nitrogen and oxygen atoms in total. The quantitative estimate of drug-likeness (QED) is 0.847. The van der Waals surface area contributed by atoms with Crippen LogP contribution < -0.4 is 0 Å². The lowest BCUT2D eigenvalue weighted by atomic mass is 10.2. The molecule has 0 amide bonds. The monoisotopic (exact) mass is 300 g/mol. The van der Waals surface area contributed by atoms with Crippen LogP contribution in [-0.4, -0.2) is 42.5 Å². The lowest BCUT2D eigenvalue weighted by Gasteiger charge is -2.34. The van der Waals surface area contributed by atoms with Crippen molar-refractivity contribution in [2.45, 2.75) is 13.5 Å². The van der Waals surface area contributed by atoms with Crippen LogP contribution in [0.2, 0.25) is 0 Å². The van der Waals surface area contributed by atoms with Crippen LogP contribution in [0.25, 0.3) is 0 Å². The van der Waals surface area contributed by atoms with Crippen LogP contribution in [0, 0.1) is 5.82 Å². The summed E-state index contributed by atoms with van der Waals surface area (Å²) in [4.78, 5) is 4.88. The zero-order chi connectivity index (χ0) is 12.3. The van der Waals surface area contributed by atoms with Crippen molar-refractivity contribution in [2.24, 2.45) is 0 Å². The minimum absolute atomic E-state index is 0.184. The molecule has 0 spiro atoms. The van der Waals surface area contributed by atoms with Crippen LogP contribution in [0.4, 0.5) is 4.39 Å². The first-order chi connectivity index (χ1) is 8.19. The van der Waals surface area contributed by atoms with Gasteiger partial charge in [-0.3, -0.25) is 4.90 Å². The third kappa shape index (κ3) is 3.50. The maximum absolute atomic E-state index is 13.0. The number of rotatable bonds is 3. The van der Waals surface area contributed by atoms with E-state index in [0.29, 0.717) is 0 Å². The molecular formula is C13H18BrFN2. The van der Waals surface area contributed by atoms with E-state index in [9.17, 15) is 4.39 Å². The molecule has 0 N–H and O–H groups in total. The van der Waals surface area contributed by atoms with Crippen molar-refractivity contribution in [3.8, 4) is 0 Å². The molecule has 0 unspecified atom stereocenters. The van der Waals surface area contributed by atoms with Gasteiger partial charge in [0.2, 0.25) is 0 Å². The summed E-state index contributed by atoms with van der Waals surface area (Å²) in [6, 6.07) is 4.94. The molecule has 1 saturated heterocycles. The maximum Gasteiger partial charge on any atom is 0.124 e. The van der Waals surface area contributed by atoms with E-state index < -0.39 is 0 Å². The van der Waals surface area contributed by atoms with Gasteiger partial charge in [0.1, 0.15) is 5.82 Å². The summed E-state index contributed by atoms with van der Waals surface area (Å²) in [7, 11) is 0. The van der Waals surface area contributed by atoms with Crippen molar-refractivity contribution >= 4 is 15.9 Å². The smallest absolute Gasteiger partial charge is 0.124 e. The molecule has 0 bridgehead atoms. The molecule has 0 atom stereocenters. The molecule has 0 aromatic heterocycles. The molecule has 1 aromatic carbocycles. The van der Waals surface area contributed by atoms with E-state index in [-0.39, 0.29) is 5.82 Å². The summed E-state index contributed by atoms with van der Waals surface area (Å²) >= 11 is 3.42. The number of hydrogen-bond acceptors (Lipinski definition) is 2. The van der Waals surface area contributed by atoms with Crippen LogP contribution in [0.15, 0.2) is 22.7 Å². The van der Waals surface area contributed by atoms with Crippen molar-refractivity contribution < 1.29 is 4.39 Å². The standard InChI is InChI=1S/C13H18BrFN2/c1-2-16-5-7-17(8-6-16)10-11-3-4-12(15)9-13(11)14/h3-4,9H,2,5-8,10H2,1H3. The molecule has 1 aromatic rings. The minimum Gasteiger partial charge on any atom is -0.301 e. The zero-order valence-electron chi connectivity index (χ0n) is 10.1. The Hall–Kier alpha value is -0.450. The number of hydrogen-bond donors (Lipinski definition) is 0. The molecule has 1 aliphatic heterocycles. The molecule has 1 fully saturated rings. The second kappa shape index (κ2) is 5.94. The van der Waals surface area contributed by atoms with Crippen LogP contribution >= 0.6 is 15.9 Å². The Bertz CT molecular complexity index is 376. The van der Waals surface area contributed by atoms with Gasteiger partial charge in [0.25, 0.3) is 0 Å². The molecule has 94 valence electrons. The van der Waals surface area contributed by atoms with E-state index >= 15 is 0 Å². The predicted molar refractivity (Wildman–Crippen MR) is 71.5 cm³/mol. The lowest BCUT2D eigenvalue weighted by Crippen LogP contribution is -2.45. The summed E-state index contributed by atoms with van der Waals surface area (Å²) in [5, 5.41) is 0. The Kier molecular flexibility index (Phi) is 4.54. The normalized spacial score (nSPS) is 18.5. The number of benzene rings is 1. The fourth-order valence-electron chi connectivity index (χ4n) is 2.15. The molecule has 4 heteroatoms. The summed E-state index contributed by atoms with van der Waals surface area (Å²) < 4.78 is 13.8. The first-order valence-corrected chi connectivity index (χ1v) is 6.87. The highest BCUT2D eigenvalue weighted by molar-refractivity contribution is 9.10. The molecule has 1 aliphatic rings. The van der Waals surface area contributed by atoms with Gasteiger partial charge in [0.05, 0.1) is 0 Å². The Morgan fingerprint density at radius 1 is 1.18 bits per heavy atom. The minimum atomic E-state index is -0.184. The van der Waals surface area contributed by atoms with Gasteiger partial charge in [-0.2, -0.15) is 0 Å². The fraction of sp³-hybridized carbons (Fsp3) is 0.538. The average Bonchev–Trinajstić information content (AvgIpc) is 2.34. The Labute approximate surface area is 111 Å². The van der Waals surface area contributed by atoms with Gasteiger partial charge >= 0.3 is 0 Å². The highest BCUT2D eigenvalue weighted by Gasteiger charge is 2.16. The van der Waals surface area contributed by atoms with Crippen LogP contribution in [-0.2, 0) is 6.54 Å². The van der Waals surface area contributed by atoms with Crippen LogP contribution in [0.5, 0.6) is 0 Å². The molecule has 2 rings (SSSR count). The first kappa shape index (κ1) is 13.0. The van der Waals surface area contributed by atoms with E-state index in [1.165, 1.54) is 12.1 Å². The van der Waals surface area contributed by atoms with Crippen molar-refractivity contribution in [1.29, 1.82) is 0 Å². The summed E-state index contributed by atoms with van der Waals surface area (Å²) in [6.45, 7) is 8.69. The second-order valence-corrected chi connectivity index (χ2v) is 5.30. The van der Waals surface area contributed by atoms with E-state index in [0.717, 1.165) is 49.3 Å². The predicted octanol–water partition coefficient (Wildman–Crippen LogP) is 2.73. The largest absolute Gasteiger partial charge is 0.301 e. The molecule has 1 heterocycles. The highest BCUT2D eigenvalue weighted by atomic mass is 79.9. The Morgan fingerprint density at radius 2 is 1.82 bits per heavy atom. The van der Waals surface area contributed by atoms with Crippen LogP contribution in [0.3, 0.4) is 0 Å². The van der Waals surface area contributed by atoms with E-state index in [2.05, 4.69) is 32.7 Å².